The van der Waals surface area contributed by atoms with Crippen molar-refractivity contribution >= 4 is 10.9 Å². The van der Waals surface area contributed by atoms with Crippen molar-refractivity contribution < 1.29 is 36.2 Å². The topological polar surface area (TPSA) is 45.6 Å². The van der Waals surface area contributed by atoms with Crippen LogP contribution < -0.4 is 0 Å². The van der Waals surface area contributed by atoms with Crippen LogP contribution in [0.4, 0.5) is 26.3 Å². The minimum Gasteiger partial charge on any atom is -0.493 e. The first-order valence-electron chi connectivity index (χ1n) is 9.72. The molecule has 0 aliphatic carbocycles. The van der Waals surface area contributed by atoms with E-state index in [4.69, 9.17) is 4.74 Å². The van der Waals surface area contributed by atoms with E-state index in [-0.39, 0.29) is 30.0 Å². The molecule has 0 amide bonds. The number of halogens is 6. The van der Waals surface area contributed by atoms with Crippen LogP contribution in [0.15, 0.2) is 37.1 Å². The third kappa shape index (κ3) is 5.30. The second-order valence-electron chi connectivity index (χ2n) is 7.51. The highest BCUT2D eigenvalue weighted by atomic mass is 19.4. The number of hydrogen-bond acceptors (Lipinski definition) is 4. The number of aliphatic hydroxyl groups is 1. The third-order valence-electron chi connectivity index (χ3n) is 5.46. The van der Waals surface area contributed by atoms with Crippen LogP contribution in [0.2, 0.25) is 0 Å². The Labute approximate surface area is 175 Å². The number of fused-ring (bicyclic) bond motifs is 1. The number of aliphatic hydroxyl groups excluding tert-OH is 1. The molecule has 4 nitrogen and oxygen atoms in total. The standard InChI is InChI=1S/C21H22F6N2O2/c1-2-31-17(11-29-8-6-13(12-30)7-9-29)15-10-18(21(25,26)27)28-19-14(15)4-3-5-16(19)20(22,23)24/h2-5,10,13,17,30H,1,6-9,11-12H2. The van der Waals surface area contributed by atoms with Gasteiger partial charge in [-0.2, -0.15) is 26.3 Å². The maximum Gasteiger partial charge on any atom is 0.433 e. The highest BCUT2D eigenvalue weighted by Gasteiger charge is 2.38. The lowest BCUT2D eigenvalue weighted by molar-refractivity contribution is -0.142. The average Bonchev–Trinajstić information content (AvgIpc) is 2.71. The number of benzene rings is 1. The fourth-order valence-corrected chi connectivity index (χ4v) is 3.83. The summed E-state index contributed by atoms with van der Waals surface area (Å²) in [7, 11) is 0. The monoisotopic (exact) mass is 448 g/mol. The second-order valence-corrected chi connectivity index (χ2v) is 7.51. The van der Waals surface area contributed by atoms with Crippen molar-refractivity contribution in [3.8, 4) is 0 Å². The predicted molar refractivity (Wildman–Crippen MR) is 102 cm³/mol. The zero-order valence-electron chi connectivity index (χ0n) is 16.5. The summed E-state index contributed by atoms with van der Waals surface area (Å²) >= 11 is 0. The minimum atomic E-state index is -4.93. The Morgan fingerprint density at radius 3 is 2.39 bits per heavy atom. The molecule has 1 aromatic carbocycles. The Kier molecular flexibility index (Phi) is 6.80. The van der Waals surface area contributed by atoms with E-state index in [9.17, 15) is 31.4 Å². The molecule has 0 radical (unpaired) electrons. The van der Waals surface area contributed by atoms with Gasteiger partial charge >= 0.3 is 12.4 Å². The molecule has 10 heteroatoms. The van der Waals surface area contributed by atoms with Crippen LogP contribution in [0, 0.1) is 5.92 Å². The van der Waals surface area contributed by atoms with E-state index < -0.39 is 35.2 Å². The molecule has 0 bridgehead atoms. The van der Waals surface area contributed by atoms with Crippen LogP contribution in [0.25, 0.3) is 10.9 Å². The Morgan fingerprint density at radius 2 is 1.84 bits per heavy atom. The molecule has 1 unspecified atom stereocenters. The van der Waals surface area contributed by atoms with Gasteiger partial charge in [0.1, 0.15) is 11.8 Å². The third-order valence-corrected chi connectivity index (χ3v) is 5.46. The Balaban J connectivity index is 2.09. The summed E-state index contributed by atoms with van der Waals surface area (Å²) in [4.78, 5) is 5.27. The molecule has 2 heterocycles. The molecule has 1 aliphatic rings. The lowest BCUT2D eigenvalue weighted by Gasteiger charge is -2.33. The number of piperidine rings is 1. The maximum atomic E-state index is 13.5. The van der Waals surface area contributed by atoms with Gasteiger partial charge in [0, 0.05) is 24.1 Å². The molecule has 31 heavy (non-hydrogen) atoms. The van der Waals surface area contributed by atoms with Crippen molar-refractivity contribution in [1.82, 2.24) is 9.88 Å². The van der Waals surface area contributed by atoms with Gasteiger partial charge in [0.2, 0.25) is 0 Å². The summed E-state index contributed by atoms with van der Waals surface area (Å²) in [5.41, 5.74) is -3.45. The first kappa shape index (κ1) is 23.3. The van der Waals surface area contributed by atoms with Crippen LogP contribution in [0.3, 0.4) is 0 Å². The molecular formula is C21H22F6N2O2. The number of para-hydroxylation sites is 1. The van der Waals surface area contributed by atoms with Crippen molar-refractivity contribution in [2.24, 2.45) is 5.92 Å². The van der Waals surface area contributed by atoms with Crippen molar-refractivity contribution in [2.45, 2.75) is 31.3 Å². The van der Waals surface area contributed by atoms with Crippen molar-refractivity contribution in [1.29, 1.82) is 0 Å². The maximum absolute atomic E-state index is 13.5. The molecule has 1 saturated heterocycles. The van der Waals surface area contributed by atoms with E-state index in [0.717, 1.165) is 18.4 Å². The molecule has 1 fully saturated rings. The highest BCUT2D eigenvalue weighted by Crippen LogP contribution is 2.39. The van der Waals surface area contributed by atoms with E-state index >= 15 is 0 Å². The van der Waals surface area contributed by atoms with Crippen molar-refractivity contribution in [3.63, 3.8) is 0 Å². The number of ether oxygens (including phenoxy) is 1. The van der Waals surface area contributed by atoms with E-state index in [1.165, 1.54) is 6.07 Å². The van der Waals surface area contributed by atoms with Crippen LogP contribution >= 0.6 is 0 Å². The van der Waals surface area contributed by atoms with Crippen LogP contribution in [0.1, 0.15) is 35.8 Å². The Bertz CT molecular complexity index is 920. The van der Waals surface area contributed by atoms with E-state index in [0.29, 0.717) is 32.0 Å². The molecular weight excluding hydrogens is 426 g/mol. The predicted octanol–water partition coefficient (Wildman–Crippen LogP) is 5.18. The van der Waals surface area contributed by atoms with Gasteiger partial charge < -0.3 is 9.84 Å². The van der Waals surface area contributed by atoms with Gasteiger partial charge in [-0.05, 0) is 44.0 Å². The smallest absolute Gasteiger partial charge is 0.433 e. The summed E-state index contributed by atoms with van der Waals surface area (Å²) in [6.45, 7) is 4.86. The number of alkyl halides is 6. The van der Waals surface area contributed by atoms with Gasteiger partial charge in [0.25, 0.3) is 0 Å². The number of aromatic nitrogens is 1. The van der Waals surface area contributed by atoms with Crippen LogP contribution in [-0.2, 0) is 17.1 Å². The summed E-state index contributed by atoms with van der Waals surface area (Å²) < 4.78 is 86.3. The van der Waals surface area contributed by atoms with E-state index in [2.05, 4.69) is 11.6 Å². The van der Waals surface area contributed by atoms with Gasteiger partial charge in [0.15, 0.2) is 0 Å². The van der Waals surface area contributed by atoms with Gasteiger partial charge in [0.05, 0.1) is 17.3 Å². The minimum absolute atomic E-state index is 0.0346. The Hall–Kier alpha value is -2.33. The summed E-state index contributed by atoms with van der Waals surface area (Å²) in [5, 5.41) is 9.22. The molecule has 1 aromatic heterocycles. The molecule has 0 saturated carbocycles. The van der Waals surface area contributed by atoms with E-state index in [1.54, 1.807) is 0 Å². The molecule has 0 spiro atoms. The normalized spacial score (nSPS) is 17.6. The zero-order valence-corrected chi connectivity index (χ0v) is 16.5. The van der Waals surface area contributed by atoms with Gasteiger partial charge in [-0.25, -0.2) is 4.98 Å². The number of nitrogens with zero attached hydrogens (tertiary/aromatic N) is 2. The first-order chi connectivity index (χ1) is 14.5. The van der Waals surface area contributed by atoms with Gasteiger partial charge in [-0.1, -0.05) is 18.7 Å². The summed E-state index contributed by atoms with van der Waals surface area (Å²) in [6, 6.07) is 3.91. The lowest BCUT2D eigenvalue weighted by atomic mass is 9.96. The van der Waals surface area contributed by atoms with Crippen LogP contribution in [-0.4, -0.2) is 41.2 Å². The molecule has 3 rings (SSSR count). The molecule has 2 aromatic rings. The lowest BCUT2D eigenvalue weighted by Crippen LogP contribution is -2.37. The summed E-state index contributed by atoms with van der Waals surface area (Å²) in [5.74, 6) is 0.156. The number of hydrogen-bond donors (Lipinski definition) is 1. The average molecular weight is 448 g/mol. The van der Waals surface area contributed by atoms with E-state index in [1.807, 2.05) is 4.90 Å². The molecule has 1 atom stereocenters. The highest BCUT2D eigenvalue weighted by molar-refractivity contribution is 5.86. The van der Waals surface area contributed by atoms with Crippen molar-refractivity contribution in [3.05, 3.63) is 53.9 Å². The molecule has 1 aliphatic heterocycles. The van der Waals surface area contributed by atoms with Gasteiger partial charge in [-0.15, -0.1) is 0 Å². The largest absolute Gasteiger partial charge is 0.493 e. The Morgan fingerprint density at radius 1 is 1.16 bits per heavy atom. The molecule has 170 valence electrons. The number of rotatable bonds is 6. The summed E-state index contributed by atoms with van der Waals surface area (Å²) in [6.07, 6.45) is -8.29. The van der Waals surface area contributed by atoms with Crippen LogP contribution in [0.5, 0.6) is 0 Å². The number of likely N-dealkylation sites (tertiary alicyclic amines) is 1. The first-order valence-corrected chi connectivity index (χ1v) is 9.72. The SMILES string of the molecule is C=COC(CN1CCC(CO)CC1)c1cc(C(F)(F)F)nc2c(C(F)(F)F)cccc12. The molecule has 1 N–H and O–H groups in total. The fourth-order valence-electron chi connectivity index (χ4n) is 3.83. The fraction of sp³-hybridized carbons (Fsp3) is 0.476. The van der Waals surface area contributed by atoms with Gasteiger partial charge in [-0.3, -0.25) is 4.90 Å². The second kappa shape index (κ2) is 9.04. The van der Waals surface area contributed by atoms with Crippen molar-refractivity contribution in [2.75, 3.05) is 26.2 Å². The quantitative estimate of drug-likeness (QED) is 0.489. The zero-order chi connectivity index (χ0) is 22.8. The number of pyridine rings is 1.